The zero-order valence-electron chi connectivity index (χ0n) is 13.2. The molecular weight excluding hydrogens is 347 g/mol. The van der Waals surface area contributed by atoms with Crippen LogP contribution in [0.3, 0.4) is 0 Å². The Labute approximate surface area is 148 Å². The molecule has 0 spiro atoms. The van der Waals surface area contributed by atoms with Crippen molar-refractivity contribution in [1.82, 2.24) is 5.32 Å². The number of carbonyl (C=O) groups excluding carboxylic acids is 2. The Morgan fingerprint density at radius 1 is 1.20 bits per heavy atom. The van der Waals surface area contributed by atoms with Crippen LogP contribution in [0.25, 0.3) is 0 Å². The lowest BCUT2D eigenvalue weighted by Gasteiger charge is -2.24. The van der Waals surface area contributed by atoms with Gasteiger partial charge in [-0.25, -0.2) is 4.39 Å². The van der Waals surface area contributed by atoms with Crippen molar-refractivity contribution in [2.45, 2.75) is 18.4 Å². The van der Waals surface area contributed by atoms with Gasteiger partial charge in [0.15, 0.2) is 0 Å². The van der Waals surface area contributed by atoms with Gasteiger partial charge >= 0.3 is 11.8 Å². The molecule has 0 aliphatic heterocycles. The van der Waals surface area contributed by atoms with E-state index in [-0.39, 0.29) is 17.3 Å². The van der Waals surface area contributed by atoms with E-state index in [1.54, 1.807) is 0 Å². The summed E-state index contributed by atoms with van der Waals surface area (Å²) in [6.07, 6.45) is 1.19. The van der Waals surface area contributed by atoms with Gasteiger partial charge in [0.25, 0.3) is 0 Å². The average molecular weight is 363 g/mol. The molecule has 1 aliphatic carbocycles. The maximum atomic E-state index is 13.1. The molecule has 3 N–H and O–H groups in total. The predicted molar refractivity (Wildman–Crippen MR) is 91.7 cm³/mol. The van der Waals surface area contributed by atoms with E-state index in [1.165, 1.54) is 12.1 Å². The van der Waals surface area contributed by atoms with Gasteiger partial charge in [0.2, 0.25) is 0 Å². The van der Waals surface area contributed by atoms with E-state index in [9.17, 15) is 19.1 Å². The van der Waals surface area contributed by atoms with E-state index in [4.69, 9.17) is 11.6 Å². The minimum absolute atomic E-state index is 0.0690. The molecule has 25 heavy (non-hydrogen) atoms. The number of carbonyl (C=O) groups is 2. The van der Waals surface area contributed by atoms with Gasteiger partial charge in [-0.15, -0.1) is 0 Å². The fourth-order valence-corrected chi connectivity index (χ4v) is 3.10. The molecule has 2 amide bonds. The van der Waals surface area contributed by atoms with Crippen LogP contribution in [0.15, 0.2) is 42.5 Å². The third-order valence-corrected chi connectivity index (χ3v) is 4.54. The molecule has 0 aromatic heterocycles. The van der Waals surface area contributed by atoms with Crippen molar-refractivity contribution < 1.29 is 19.1 Å². The number of hydrogen-bond acceptors (Lipinski definition) is 3. The van der Waals surface area contributed by atoms with Gasteiger partial charge in [-0.3, -0.25) is 9.59 Å². The van der Waals surface area contributed by atoms with Crippen LogP contribution in [0.4, 0.5) is 10.1 Å². The summed E-state index contributed by atoms with van der Waals surface area (Å²) in [6.45, 7) is -0.0690. The van der Waals surface area contributed by atoms with Crippen molar-refractivity contribution in [3.63, 3.8) is 0 Å². The lowest BCUT2D eigenvalue weighted by molar-refractivity contribution is -0.136. The topological polar surface area (TPSA) is 78.4 Å². The van der Waals surface area contributed by atoms with E-state index in [2.05, 4.69) is 10.6 Å². The normalized spacial score (nSPS) is 18.5. The summed E-state index contributed by atoms with van der Waals surface area (Å²) < 4.78 is 13.1. The minimum atomic E-state index is -1.19. The molecule has 0 bridgehead atoms. The minimum Gasteiger partial charge on any atom is -0.383 e. The summed E-state index contributed by atoms with van der Waals surface area (Å²) in [5, 5.41) is 15.3. The molecular formula is C18H16ClFN2O3. The van der Waals surface area contributed by atoms with Crippen molar-refractivity contribution in [2.24, 2.45) is 0 Å². The Hall–Kier alpha value is -2.44. The van der Waals surface area contributed by atoms with Crippen LogP contribution in [0.2, 0.25) is 5.02 Å². The number of amides is 2. The fourth-order valence-electron chi connectivity index (χ4n) is 2.92. The number of nitrogens with one attached hydrogen (secondary N) is 2. The van der Waals surface area contributed by atoms with Crippen LogP contribution in [0, 0.1) is 5.82 Å². The van der Waals surface area contributed by atoms with E-state index in [0.29, 0.717) is 12.8 Å². The number of aliphatic hydroxyl groups is 1. The first kappa shape index (κ1) is 17.4. The van der Waals surface area contributed by atoms with Crippen molar-refractivity contribution in [3.05, 3.63) is 64.4 Å². The van der Waals surface area contributed by atoms with Crippen LogP contribution < -0.4 is 10.6 Å². The molecule has 2 aromatic rings. The Kier molecular flexibility index (Phi) is 4.74. The molecule has 5 nitrogen and oxygen atoms in total. The van der Waals surface area contributed by atoms with Gasteiger partial charge in [0, 0.05) is 5.69 Å². The summed E-state index contributed by atoms with van der Waals surface area (Å²) in [5.74, 6) is -2.43. The van der Waals surface area contributed by atoms with Crippen LogP contribution in [0.1, 0.15) is 17.5 Å². The number of rotatable bonds is 3. The second-order valence-electron chi connectivity index (χ2n) is 5.95. The second kappa shape index (κ2) is 6.82. The highest BCUT2D eigenvalue weighted by Crippen LogP contribution is 2.36. The molecule has 0 saturated heterocycles. The van der Waals surface area contributed by atoms with Crippen LogP contribution in [-0.4, -0.2) is 23.5 Å². The standard InChI is InChI=1S/C18H16ClFN2O3/c19-14-9-12(5-6-15(14)20)22-17(24)16(23)21-10-18(25)8-7-11-3-1-2-4-13(11)18/h1-6,9,25H,7-8,10H2,(H,21,23)(H,22,24)/t18-/m0/s1. The van der Waals surface area contributed by atoms with E-state index in [1.807, 2.05) is 24.3 Å². The summed E-state index contributed by atoms with van der Waals surface area (Å²) in [5.41, 5.74) is 0.813. The van der Waals surface area contributed by atoms with Crippen molar-refractivity contribution in [1.29, 1.82) is 0 Å². The molecule has 0 saturated carbocycles. The average Bonchev–Trinajstić information content (AvgIpc) is 2.94. The number of halogens is 2. The molecule has 0 heterocycles. The molecule has 1 atom stereocenters. The summed E-state index contributed by atoms with van der Waals surface area (Å²) in [7, 11) is 0. The Bertz CT molecular complexity index is 843. The summed E-state index contributed by atoms with van der Waals surface area (Å²) >= 11 is 5.63. The molecule has 0 radical (unpaired) electrons. The quantitative estimate of drug-likeness (QED) is 0.733. The van der Waals surface area contributed by atoms with Crippen LogP contribution in [-0.2, 0) is 21.6 Å². The molecule has 1 aliphatic rings. The Morgan fingerprint density at radius 2 is 1.96 bits per heavy atom. The molecule has 130 valence electrons. The first-order valence-corrected chi connectivity index (χ1v) is 8.12. The molecule has 0 fully saturated rings. The van der Waals surface area contributed by atoms with Gasteiger partial charge in [-0.2, -0.15) is 0 Å². The van der Waals surface area contributed by atoms with Gasteiger partial charge in [-0.05, 0) is 42.2 Å². The SMILES string of the molecule is O=C(NC[C@@]1(O)CCc2ccccc21)C(=O)Nc1ccc(F)c(Cl)c1. The fraction of sp³-hybridized carbons (Fsp3) is 0.222. The first-order valence-electron chi connectivity index (χ1n) is 7.74. The third kappa shape index (κ3) is 3.65. The Balaban J connectivity index is 1.61. The maximum Gasteiger partial charge on any atom is 0.313 e. The van der Waals surface area contributed by atoms with Gasteiger partial charge < -0.3 is 15.7 Å². The van der Waals surface area contributed by atoms with Crippen molar-refractivity contribution in [2.75, 3.05) is 11.9 Å². The summed E-state index contributed by atoms with van der Waals surface area (Å²) in [4.78, 5) is 23.9. The number of hydrogen-bond donors (Lipinski definition) is 3. The molecule has 3 rings (SSSR count). The highest BCUT2D eigenvalue weighted by Gasteiger charge is 2.37. The Morgan fingerprint density at radius 3 is 2.72 bits per heavy atom. The first-order chi connectivity index (χ1) is 11.9. The van der Waals surface area contributed by atoms with Crippen LogP contribution in [0.5, 0.6) is 0 Å². The maximum absolute atomic E-state index is 13.1. The van der Waals surface area contributed by atoms with E-state index < -0.39 is 23.2 Å². The largest absolute Gasteiger partial charge is 0.383 e. The van der Waals surface area contributed by atoms with Gasteiger partial charge in [-0.1, -0.05) is 35.9 Å². The highest BCUT2D eigenvalue weighted by molar-refractivity contribution is 6.39. The number of aryl methyl sites for hydroxylation is 1. The number of benzene rings is 2. The molecule has 7 heteroatoms. The third-order valence-electron chi connectivity index (χ3n) is 4.25. The summed E-state index contributed by atoms with van der Waals surface area (Å²) in [6, 6.07) is 11.1. The van der Waals surface area contributed by atoms with E-state index >= 15 is 0 Å². The number of anilines is 1. The zero-order valence-corrected chi connectivity index (χ0v) is 13.9. The van der Waals surface area contributed by atoms with Gasteiger partial charge in [0.05, 0.1) is 11.6 Å². The lowest BCUT2D eigenvalue weighted by Crippen LogP contribution is -2.43. The van der Waals surface area contributed by atoms with Crippen molar-refractivity contribution >= 4 is 29.1 Å². The van der Waals surface area contributed by atoms with Crippen LogP contribution >= 0.6 is 11.6 Å². The second-order valence-corrected chi connectivity index (χ2v) is 6.36. The predicted octanol–water partition coefficient (Wildman–Crippen LogP) is 2.37. The smallest absolute Gasteiger partial charge is 0.313 e. The highest BCUT2D eigenvalue weighted by atomic mass is 35.5. The monoisotopic (exact) mass is 362 g/mol. The van der Waals surface area contributed by atoms with Gasteiger partial charge in [0.1, 0.15) is 11.4 Å². The zero-order chi connectivity index (χ0) is 18.0. The van der Waals surface area contributed by atoms with E-state index in [0.717, 1.165) is 17.2 Å². The molecule has 0 unspecified atom stereocenters. The lowest BCUT2D eigenvalue weighted by atomic mass is 9.96. The number of fused-ring (bicyclic) bond motifs is 1. The van der Waals surface area contributed by atoms with Crippen molar-refractivity contribution in [3.8, 4) is 0 Å². The molecule has 2 aromatic carbocycles.